The third-order valence-corrected chi connectivity index (χ3v) is 3.50. The standard InChI is InChI=1S/C20H22N4O3/c1-13(2)22-20(26)24-17-8-6-16(7-9-17)23-19(25)14(3)27-18-10-4-15(12-21)5-11-18/h4-11,13-14H,1-3H3,(H,23,25)(H2,22,24,26). The molecule has 2 aromatic rings. The zero-order valence-electron chi connectivity index (χ0n) is 15.4. The minimum Gasteiger partial charge on any atom is -0.481 e. The van der Waals surface area contributed by atoms with E-state index in [4.69, 9.17) is 10.00 Å². The zero-order chi connectivity index (χ0) is 19.8. The van der Waals surface area contributed by atoms with Gasteiger partial charge in [-0.2, -0.15) is 5.26 Å². The molecule has 7 heteroatoms. The van der Waals surface area contributed by atoms with E-state index in [1.165, 1.54) is 0 Å². The van der Waals surface area contributed by atoms with E-state index < -0.39 is 6.10 Å². The van der Waals surface area contributed by atoms with Crippen LogP contribution in [0.4, 0.5) is 16.2 Å². The summed E-state index contributed by atoms with van der Waals surface area (Å²) >= 11 is 0. The van der Waals surface area contributed by atoms with E-state index in [1.807, 2.05) is 19.9 Å². The summed E-state index contributed by atoms with van der Waals surface area (Å²) in [6, 6.07) is 15.1. The van der Waals surface area contributed by atoms with Gasteiger partial charge in [0.25, 0.3) is 5.91 Å². The van der Waals surface area contributed by atoms with Gasteiger partial charge in [-0.05, 0) is 69.3 Å². The Balaban J connectivity index is 1.88. The molecule has 7 nitrogen and oxygen atoms in total. The lowest BCUT2D eigenvalue weighted by molar-refractivity contribution is -0.122. The molecule has 0 saturated heterocycles. The van der Waals surface area contributed by atoms with Crippen molar-refractivity contribution in [3.63, 3.8) is 0 Å². The van der Waals surface area contributed by atoms with Crippen molar-refractivity contribution >= 4 is 23.3 Å². The van der Waals surface area contributed by atoms with E-state index >= 15 is 0 Å². The molecule has 27 heavy (non-hydrogen) atoms. The third kappa shape index (κ3) is 6.36. The second kappa shape index (κ2) is 9.25. The number of hydrogen-bond donors (Lipinski definition) is 3. The summed E-state index contributed by atoms with van der Waals surface area (Å²) in [6.45, 7) is 5.39. The first-order valence-corrected chi connectivity index (χ1v) is 8.52. The second-order valence-corrected chi connectivity index (χ2v) is 6.22. The van der Waals surface area contributed by atoms with Gasteiger partial charge in [0.1, 0.15) is 5.75 Å². The highest BCUT2D eigenvalue weighted by Crippen LogP contribution is 2.16. The van der Waals surface area contributed by atoms with E-state index in [-0.39, 0.29) is 18.0 Å². The summed E-state index contributed by atoms with van der Waals surface area (Å²) in [4.78, 5) is 23.9. The Hall–Kier alpha value is -3.53. The molecule has 0 heterocycles. The average molecular weight is 366 g/mol. The second-order valence-electron chi connectivity index (χ2n) is 6.22. The monoisotopic (exact) mass is 366 g/mol. The quantitative estimate of drug-likeness (QED) is 0.728. The maximum Gasteiger partial charge on any atom is 0.319 e. The van der Waals surface area contributed by atoms with Crippen molar-refractivity contribution in [2.45, 2.75) is 32.9 Å². The Kier molecular flexibility index (Phi) is 6.78. The number of urea groups is 1. The van der Waals surface area contributed by atoms with Crippen LogP contribution in [0.25, 0.3) is 0 Å². The average Bonchev–Trinajstić information content (AvgIpc) is 2.63. The van der Waals surface area contributed by atoms with Crippen LogP contribution in [-0.2, 0) is 4.79 Å². The summed E-state index contributed by atoms with van der Waals surface area (Å²) in [6.07, 6.45) is -0.715. The van der Waals surface area contributed by atoms with Crippen molar-refractivity contribution in [1.82, 2.24) is 5.32 Å². The molecule has 0 aromatic heterocycles. The molecule has 0 saturated carbocycles. The van der Waals surface area contributed by atoms with E-state index in [2.05, 4.69) is 16.0 Å². The molecule has 0 aliphatic carbocycles. The first-order chi connectivity index (χ1) is 12.9. The van der Waals surface area contributed by atoms with Crippen molar-refractivity contribution < 1.29 is 14.3 Å². The van der Waals surface area contributed by atoms with Gasteiger partial charge < -0.3 is 20.7 Å². The van der Waals surface area contributed by atoms with Gasteiger partial charge in [0.15, 0.2) is 6.10 Å². The van der Waals surface area contributed by atoms with E-state index in [9.17, 15) is 9.59 Å². The van der Waals surface area contributed by atoms with Gasteiger partial charge in [0.2, 0.25) is 0 Å². The van der Waals surface area contributed by atoms with Crippen LogP contribution >= 0.6 is 0 Å². The minimum atomic E-state index is -0.715. The summed E-state index contributed by atoms with van der Waals surface area (Å²) in [5.41, 5.74) is 1.73. The number of hydrogen-bond acceptors (Lipinski definition) is 4. The first-order valence-electron chi connectivity index (χ1n) is 8.52. The van der Waals surface area contributed by atoms with Crippen LogP contribution in [0.15, 0.2) is 48.5 Å². The molecule has 0 fully saturated rings. The third-order valence-electron chi connectivity index (χ3n) is 3.50. The molecular formula is C20H22N4O3. The smallest absolute Gasteiger partial charge is 0.319 e. The van der Waals surface area contributed by atoms with Gasteiger partial charge >= 0.3 is 6.03 Å². The molecule has 3 amide bonds. The van der Waals surface area contributed by atoms with Gasteiger partial charge in [-0.15, -0.1) is 0 Å². The van der Waals surface area contributed by atoms with Crippen LogP contribution in [-0.4, -0.2) is 24.1 Å². The van der Waals surface area contributed by atoms with Gasteiger partial charge in [-0.1, -0.05) is 0 Å². The van der Waals surface area contributed by atoms with Crippen molar-refractivity contribution in [2.75, 3.05) is 10.6 Å². The number of nitriles is 1. The molecule has 1 unspecified atom stereocenters. The summed E-state index contributed by atoms with van der Waals surface area (Å²) in [5.74, 6) is 0.199. The van der Waals surface area contributed by atoms with Crippen LogP contribution in [0.5, 0.6) is 5.75 Å². The number of benzene rings is 2. The van der Waals surface area contributed by atoms with Gasteiger partial charge in [-0.3, -0.25) is 4.79 Å². The first kappa shape index (κ1) is 19.8. The van der Waals surface area contributed by atoms with Crippen molar-refractivity contribution in [1.29, 1.82) is 5.26 Å². The van der Waals surface area contributed by atoms with Crippen molar-refractivity contribution in [3.8, 4) is 11.8 Å². The number of ether oxygens (including phenoxy) is 1. The number of nitrogens with zero attached hydrogens (tertiary/aromatic N) is 1. The molecule has 1 atom stereocenters. The topological polar surface area (TPSA) is 103 Å². The number of carbonyl (C=O) groups is 2. The fraction of sp³-hybridized carbons (Fsp3) is 0.250. The minimum absolute atomic E-state index is 0.0427. The van der Waals surface area contributed by atoms with Crippen LogP contribution in [0.2, 0.25) is 0 Å². The normalized spacial score (nSPS) is 11.2. The highest BCUT2D eigenvalue weighted by atomic mass is 16.5. The number of rotatable bonds is 6. The van der Waals surface area contributed by atoms with Crippen LogP contribution in [0, 0.1) is 11.3 Å². The lowest BCUT2D eigenvalue weighted by Gasteiger charge is -2.15. The Morgan fingerprint density at radius 3 is 2.00 bits per heavy atom. The van der Waals surface area contributed by atoms with Crippen LogP contribution in [0.1, 0.15) is 26.3 Å². The molecule has 2 aromatic carbocycles. The maximum atomic E-state index is 12.3. The number of amides is 3. The maximum absolute atomic E-state index is 12.3. The fourth-order valence-corrected chi connectivity index (χ4v) is 2.18. The van der Waals surface area contributed by atoms with E-state index in [0.717, 1.165) is 0 Å². The van der Waals surface area contributed by atoms with E-state index in [0.29, 0.717) is 22.7 Å². The highest BCUT2D eigenvalue weighted by molar-refractivity contribution is 5.94. The van der Waals surface area contributed by atoms with Gasteiger partial charge in [-0.25, -0.2) is 4.79 Å². The van der Waals surface area contributed by atoms with Crippen molar-refractivity contribution in [2.24, 2.45) is 0 Å². The summed E-state index contributed by atoms with van der Waals surface area (Å²) in [5, 5.41) is 17.0. The molecule has 0 bridgehead atoms. The van der Waals surface area contributed by atoms with Crippen LogP contribution in [0.3, 0.4) is 0 Å². The van der Waals surface area contributed by atoms with Crippen molar-refractivity contribution in [3.05, 3.63) is 54.1 Å². The summed E-state index contributed by atoms with van der Waals surface area (Å²) in [7, 11) is 0. The largest absolute Gasteiger partial charge is 0.481 e. The number of anilines is 2. The Bertz CT molecular complexity index is 824. The number of nitrogens with one attached hydrogen (secondary N) is 3. The predicted molar refractivity (Wildman–Crippen MR) is 104 cm³/mol. The van der Waals surface area contributed by atoms with E-state index in [1.54, 1.807) is 55.5 Å². The molecule has 3 N–H and O–H groups in total. The fourth-order valence-electron chi connectivity index (χ4n) is 2.18. The highest BCUT2D eigenvalue weighted by Gasteiger charge is 2.15. The lowest BCUT2D eigenvalue weighted by Crippen LogP contribution is -2.34. The Morgan fingerprint density at radius 2 is 1.48 bits per heavy atom. The molecule has 0 radical (unpaired) electrons. The zero-order valence-corrected chi connectivity index (χ0v) is 15.4. The Labute approximate surface area is 158 Å². The van der Waals surface area contributed by atoms with Gasteiger partial charge in [0, 0.05) is 17.4 Å². The van der Waals surface area contributed by atoms with Crippen LogP contribution < -0.4 is 20.7 Å². The molecule has 0 aliphatic heterocycles. The lowest BCUT2D eigenvalue weighted by atomic mass is 10.2. The molecular weight excluding hydrogens is 344 g/mol. The SMILES string of the molecule is CC(C)NC(=O)Nc1ccc(NC(=O)C(C)Oc2ccc(C#N)cc2)cc1. The molecule has 0 aliphatic rings. The molecule has 0 spiro atoms. The summed E-state index contributed by atoms with van der Waals surface area (Å²) < 4.78 is 5.57. The predicted octanol–water partition coefficient (Wildman–Crippen LogP) is 3.49. The molecule has 140 valence electrons. The Morgan fingerprint density at radius 1 is 0.926 bits per heavy atom. The molecule has 2 rings (SSSR count). The number of carbonyl (C=O) groups excluding carboxylic acids is 2. The van der Waals surface area contributed by atoms with Gasteiger partial charge in [0.05, 0.1) is 11.6 Å².